The molecule has 9 nitrogen and oxygen atoms in total. The third-order valence-corrected chi connectivity index (χ3v) is 7.63. The Bertz CT molecular complexity index is 1120. The van der Waals surface area contributed by atoms with Gasteiger partial charge in [0.15, 0.2) is 5.11 Å². The van der Waals surface area contributed by atoms with Crippen molar-refractivity contribution in [1.29, 1.82) is 0 Å². The highest BCUT2D eigenvalue weighted by atomic mass is 32.2. The fraction of sp³-hybridized carbons (Fsp3) is 0.448. The molecule has 0 spiro atoms. The number of hydrogen-bond donors (Lipinski definition) is 4. The van der Waals surface area contributed by atoms with Crippen LogP contribution in [0.1, 0.15) is 56.2 Å². The molecule has 3 rings (SSSR count). The molecular formula is C29H38N4O5S2. The molecule has 0 saturated carbocycles. The monoisotopic (exact) mass is 586 g/mol. The molecule has 0 saturated heterocycles. The van der Waals surface area contributed by atoms with Crippen LogP contribution in [-0.4, -0.2) is 54.6 Å². The zero-order valence-corrected chi connectivity index (χ0v) is 24.4. The van der Waals surface area contributed by atoms with Crippen LogP contribution in [0.4, 0.5) is 4.79 Å². The first kappa shape index (κ1) is 31.2. The van der Waals surface area contributed by atoms with Gasteiger partial charge in [-0.05, 0) is 62.0 Å². The van der Waals surface area contributed by atoms with Crippen molar-refractivity contribution in [2.24, 2.45) is 0 Å². The van der Waals surface area contributed by atoms with E-state index in [1.165, 1.54) is 4.90 Å². The summed E-state index contributed by atoms with van der Waals surface area (Å²) in [5, 5.41) is 12.4. The summed E-state index contributed by atoms with van der Waals surface area (Å²) in [6.45, 7) is 3.23. The van der Waals surface area contributed by atoms with Gasteiger partial charge in [-0.2, -0.15) is 0 Å². The number of hydrogen-bond acceptors (Lipinski definition) is 7. The minimum absolute atomic E-state index is 0.102. The second-order valence-electron chi connectivity index (χ2n) is 9.23. The highest BCUT2D eigenvalue weighted by Gasteiger charge is 2.27. The number of thioether (sulfide) groups is 1. The summed E-state index contributed by atoms with van der Waals surface area (Å²) in [7, 11) is 0. The Labute approximate surface area is 245 Å². The van der Waals surface area contributed by atoms with Crippen LogP contribution in [0.5, 0.6) is 0 Å². The molecule has 2 aromatic rings. The fourth-order valence-corrected chi connectivity index (χ4v) is 5.52. The standard InChI is InChI=1S/C29H38N4O5S2/c1-2-37-26(34)15-18-31-28(39)30-17-9-8-13-24(33-29(36)38-20-21-10-4-3-5-11-21)27(35)32-23-16-19-40-25-14-7-6-12-22(23)25/h3-7,10-12,14,23-24H,2,8-9,13,15-20H2,1H3,(H,32,35)(H,33,36)(H2,30,31,39)/t23?,24-/m0/s1. The number of benzene rings is 2. The van der Waals surface area contributed by atoms with E-state index in [0.717, 1.165) is 29.7 Å². The Kier molecular flexibility index (Phi) is 13.6. The van der Waals surface area contributed by atoms with Crippen LogP contribution in [0.15, 0.2) is 59.5 Å². The molecule has 1 unspecified atom stereocenters. The van der Waals surface area contributed by atoms with E-state index in [1.807, 2.05) is 48.5 Å². The van der Waals surface area contributed by atoms with Gasteiger partial charge >= 0.3 is 12.1 Å². The molecule has 4 N–H and O–H groups in total. The van der Waals surface area contributed by atoms with Gasteiger partial charge in [-0.1, -0.05) is 48.5 Å². The number of nitrogens with one attached hydrogen (secondary N) is 4. The lowest BCUT2D eigenvalue weighted by Gasteiger charge is -2.28. The summed E-state index contributed by atoms with van der Waals surface area (Å²) in [6.07, 6.45) is 2.28. The predicted molar refractivity (Wildman–Crippen MR) is 160 cm³/mol. The summed E-state index contributed by atoms with van der Waals surface area (Å²) < 4.78 is 10.3. The molecule has 0 fully saturated rings. The maximum atomic E-state index is 13.4. The molecule has 0 aromatic heterocycles. The SMILES string of the molecule is CCOC(=O)CCNC(=S)NCCCC[C@H](NC(=O)OCc1ccccc1)C(=O)NC1CCSc2ccccc21. The van der Waals surface area contributed by atoms with E-state index in [1.54, 1.807) is 18.7 Å². The van der Waals surface area contributed by atoms with E-state index in [9.17, 15) is 14.4 Å². The van der Waals surface area contributed by atoms with Gasteiger partial charge in [0.05, 0.1) is 19.1 Å². The van der Waals surface area contributed by atoms with E-state index in [2.05, 4.69) is 27.3 Å². The second kappa shape index (κ2) is 17.4. The number of carbonyl (C=O) groups is 3. The predicted octanol–water partition coefficient (Wildman–Crippen LogP) is 4.22. The van der Waals surface area contributed by atoms with Gasteiger partial charge in [0.25, 0.3) is 0 Å². The molecule has 2 amide bonds. The van der Waals surface area contributed by atoms with Crippen molar-refractivity contribution in [1.82, 2.24) is 21.3 Å². The van der Waals surface area contributed by atoms with Gasteiger partial charge in [-0.3, -0.25) is 9.59 Å². The number of amides is 2. The van der Waals surface area contributed by atoms with Gasteiger partial charge in [-0.25, -0.2) is 4.79 Å². The van der Waals surface area contributed by atoms with Gasteiger partial charge in [-0.15, -0.1) is 11.8 Å². The van der Waals surface area contributed by atoms with Crippen molar-refractivity contribution in [3.8, 4) is 0 Å². The van der Waals surface area contributed by atoms with Crippen molar-refractivity contribution in [3.63, 3.8) is 0 Å². The zero-order valence-electron chi connectivity index (χ0n) is 22.8. The topological polar surface area (TPSA) is 118 Å². The van der Waals surface area contributed by atoms with Gasteiger partial charge in [0, 0.05) is 23.7 Å². The first-order chi connectivity index (χ1) is 19.5. The molecule has 1 heterocycles. The van der Waals surface area contributed by atoms with E-state index in [0.29, 0.717) is 37.7 Å². The van der Waals surface area contributed by atoms with Gasteiger partial charge < -0.3 is 30.7 Å². The molecule has 2 atom stereocenters. The third kappa shape index (κ3) is 11.1. The Hall–Kier alpha value is -3.31. The minimum Gasteiger partial charge on any atom is -0.466 e. The summed E-state index contributed by atoms with van der Waals surface area (Å²) in [4.78, 5) is 38.5. The molecule has 216 valence electrons. The average Bonchev–Trinajstić information content (AvgIpc) is 2.96. The number of unbranched alkanes of at least 4 members (excludes halogenated alkanes) is 1. The number of fused-ring (bicyclic) bond motifs is 1. The average molecular weight is 587 g/mol. The zero-order chi connectivity index (χ0) is 28.6. The van der Waals surface area contributed by atoms with Crippen LogP contribution in [0, 0.1) is 0 Å². The smallest absolute Gasteiger partial charge is 0.408 e. The normalized spacial score (nSPS) is 14.7. The van der Waals surface area contributed by atoms with Crippen LogP contribution in [0.2, 0.25) is 0 Å². The van der Waals surface area contributed by atoms with Crippen LogP contribution in [0.3, 0.4) is 0 Å². The fourth-order valence-electron chi connectivity index (χ4n) is 4.19. The highest BCUT2D eigenvalue weighted by molar-refractivity contribution is 7.99. The Morgan fingerprint density at radius 3 is 2.55 bits per heavy atom. The number of esters is 1. The van der Waals surface area contributed by atoms with Crippen LogP contribution in [-0.2, 0) is 25.7 Å². The van der Waals surface area contributed by atoms with Crippen molar-refractivity contribution in [3.05, 3.63) is 65.7 Å². The molecule has 1 aliphatic rings. The molecule has 2 aromatic carbocycles. The maximum absolute atomic E-state index is 13.4. The van der Waals surface area contributed by atoms with Crippen molar-refractivity contribution in [2.45, 2.75) is 62.6 Å². The molecule has 40 heavy (non-hydrogen) atoms. The van der Waals surface area contributed by atoms with Crippen molar-refractivity contribution >= 4 is 47.1 Å². The Morgan fingerprint density at radius 1 is 1.00 bits per heavy atom. The molecule has 0 aliphatic carbocycles. The van der Waals surface area contributed by atoms with E-state index in [4.69, 9.17) is 21.7 Å². The van der Waals surface area contributed by atoms with Crippen LogP contribution < -0.4 is 21.3 Å². The number of alkyl carbamates (subject to hydrolysis) is 1. The van der Waals surface area contributed by atoms with Crippen molar-refractivity contribution in [2.75, 3.05) is 25.4 Å². The number of carbonyl (C=O) groups excluding carboxylic acids is 3. The first-order valence-electron chi connectivity index (χ1n) is 13.6. The van der Waals surface area contributed by atoms with E-state index >= 15 is 0 Å². The largest absolute Gasteiger partial charge is 0.466 e. The molecule has 1 aliphatic heterocycles. The third-order valence-electron chi connectivity index (χ3n) is 6.22. The summed E-state index contributed by atoms with van der Waals surface area (Å²) >= 11 is 7.04. The highest BCUT2D eigenvalue weighted by Crippen LogP contribution is 2.35. The lowest BCUT2D eigenvalue weighted by Crippen LogP contribution is -2.48. The second-order valence-corrected chi connectivity index (χ2v) is 10.8. The van der Waals surface area contributed by atoms with E-state index in [-0.39, 0.29) is 30.9 Å². The summed E-state index contributed by atoms with van der Waals surface area (Å²) in [5.41, 5.74) is 1.97. The maximum Gasteiger partial charge on any atom is 0.408 e. The summed E-state index contributed by atoms with van der Waals surface area (Å²) in [5.74, 6) is 0.415. The number of rotatable bonds is 14. The Morgan fingerprint density at radius 2 is 1.75 bits per heavy atom. The van der Waals surface area contributed by atoms with Crippen LogP contribution in [0.25, 0.3) is 0 Å². The molecule has 0 radical (unpaired) electrons. The van der Waals surface area contributed by atoms with Crippen LogP contribution >= 0.6 is 24.0 Å². The van der Waals surface area contributed by atoms with E-state index < -0.39 is 12.1 Å². The van der Waals surface area contributed by atoms with Gasteiger partial charge in [0.1, 0.15) is 12.6 Å². The molecule has 0 bridgehead atoms. The van der Waals surface area contributed by atoms with Gasteiger partial charge in [0.2, 0.25) is 5.91 Å². The minimum atomic E-state index is -0.736. The quantitative estimate of drug-likeness (QED) is 0.147. The van der Waals surface area contributed by atoms with Crippen molar-refractivity contribution < 1.29 is 23.9 Å². The summed E-state index contributed by atoms with van der Waals surface area (Å²) in [6, 6.07) is 16.6. The first-order valence-corrected chi connectivity index (χ1v) is 15.0. The number of thiocarbonyl (C=S) groups is 1. The lowest BCUT2D eigenvalue weighted by atomic mass is 10.0. The Balaban J connectivity index is 1.48. The molecular weight excluding hydrogens is 548 g/mol. The number of ether oxygens (including phenoxy) is 2. The molecule has 11 heteroatoms. The lowest BCUT2D eigenvalue weighted by molar-refractivity contribution is -0.142.